The molecule has 0 bridgehead atoms. The molecule has 4 aromatic carbocycles. The first-order valence-corrected chi connectivity index (χ1v) is 12.7. The lowest BCUT2D eigenvalue weighted by atomic mass is 9.99. The summed E-state index contributed by atoms with van der Waals surface area (Å²) in [4.78, 5) is 13.0. The van der Waals surface area contributed by atoms with Gasteiger partial charge in [0.2, 0.25) is 0 Å². The number of carbonyl (C=O) groups is 1. The van der Waals surface area contributed by atoms with Gasteiger partial charge < -0.3 is 20.1 Å². The van der Waals surface area contributed by atoms with Gasteiger partial charge in [0.05, 0.1) is 17.9 Å². The maximum absolute atomic E-state index is 15.0. The number of ether oxygens (including phenoxy) is 1. The van der Waals surface area contributed by atoms with Crippen LogP contribution in [0.5, 0.6) is 5.75 Å². The fourth-order valence-corrected chi connectivity index (χ4v) is 5.05. The van der Waals surface area contributed by atoms with Gasteiger partial charge in [0.1, 0.15) is 17.7 Å². The predicted molar refractivity (Wildman–Crippen MR) is 152 cm³/mol. The number of carboxylic acids is 1. The van der Waals surface area contributed by atoms with Gasteiger partial charge in [-0.1, -0.05) is 60.7 Å². The lowest BCUT2D eigenvalue weighted by Crippen LogP contribution is -2.39. The van der Waals surface area contributed by atoms with Gasteiger partial charge in [0.15, 0.2) is 0 Å². The summed E-state index contributed by atoms with van der Waals surface area (Å²) >= 11 is 0. The Morgan fingerprint density at radius 1 is 1.05 bits per heavy atom. The number of anilines is 2. The fourth-order valence-electron chi connectivity index (χ4n) is 5.05. The molecule has 1 unspecified atom stereocenters. The highest BCUT2D eigenvalue weighted by Crippen LogP contribution is 2.40. The highest BCUT2D eigenvalue weighted by molar-refractivity contribution is 5.86. The summed E-state index contributed by atoms with van der Waals surface area (Å²) in [5.74, 6) is -0.485. The lowest BCUT2D eigenvalue weighted by molar-refractivity contribution is -0.136. The normalized spacial score (nSPS) is 15.3. The molecule has 1 aliphatic rings. The molecule has 7 heteroatoms. The van der Waals surface area contributed by atoms with Crippen LogP contribution in [0.25, 0.3) is 10.8 Å². The van der Waals surface area contributed by atoms with Crippen LogP contribution in [0.4, 0.5) is 15.8 Å². The number of aryl methyl sites for hydroxylation is 1. The number of para-hydroxylation sites is 2. The second kappa shape index (κ2) is 12.3. The zero-order valence-electron chi connectivity index (χ0n) is 21.3. The number of nitrogens with one attached hydrogen (secondary N) is 1. The van der Waals surface area contributed by atoms with Crippen molar-refractivity contribution in [3.63, 3.8) is 0 Å². The Morgan fingerprint density at radius 3 is 2.66 bits per heavy atom. The summed E-state index contributed by atoms with van der Waals surface area (Å²) in [6.07, 6.45) is 0.978. The Bertz CT molecular complexity index is 1410. The second-order valence-corrected chi connectivity index (χ2v) is 9.53. The van der Waals surface area contributed by atoms with Gasteiger partial charge in [-0.2, -0.15) is 0 Å². The molecular weight excluding hydrogens is 503 g/mol. The van der Waals surface area contributed by atoms with Gasteiger partial charge in [-0.25, -0.2) is 4.39 Å². The van der Waals surface area contributed by atoms with Crippen molar-refractivity contribution in [3.8, 4) is 5.75 Å². The van der Waals surface area contributed by atoms with Gasteiger partial charge in [-0.15, -0.1) is 12.4 Å². The summed E-state index contributed by atoms with van der Waals surface area (Å²) in [6, 6.07) is 27.5. The minimum atomic E-state index is -0.868. The first kappa shape index (κ1) is 27.4. The summed E-state index contributed by atoms with van der Waals surface area (Å²) < 4.78 is 21.3. The smallest absolute Gasteiger partial charge is 0.303 e. The molecule has 0 spiro atoms. The Kier molecular flexibility index (Phi) is 8.87. The number of hydrogen-bond acceptors (Lipinski definition) is 4. The molecule has 0 aromatic heterocycles. The maximum atomic E-state index is 15.0. The van der Waals surface area contributed by atoms with E-state index in [2.05, 4.69) is 54.7 Å². The van der Waals surface area contributed by atoms with Gasteiger partial charge in [0.25, 0.3) is 0 Å². The maximum Gasteiger partial charge on any atom is 0.303 e. The molecule has 2 N–H and O–H groups in total. The first-order valence-electron chi connectivity index (χ1n) is 12.7. The third kappa shape index (κ3) is 6.09. The molecule has 0 radical (unpaired) electrons. The van der Waals surface area contributed by atoms with Crippen LogP contribution in [0.1, 0.15) is 36.9 Å². The van der Waals surface area contributed by atoms with E-state index in [1.165, 1.54) is 22.4 Å². The Morgan fingerprint density at radius 2 is 1.82 bits per heavy atom. The third-order valence-corrected chi connectivity index (χ3v) is 6.97. The fraction of sp³-hybridized carbons (Fsp3) is 0.258. The standard InChI is InChI=1S/C31H31FN2O3.ClH/c1-21(25-10-6-8-23-7-2-3-9-26(23)25)33-18-17-24-20-34(28-11-4-5-12-30(28)37-24)29-19-22(13-15-27(29)32)14-16-31(35)36;/h2-13,15,19,21,24,33H,14,16-18,20H2,1H3,(H,35,36);1H/t21-,24?;/m1./s1. The van der Waals surface area contributed by atoms with Crippen molar-refractivity contribution in [1.29, 1.82) is 0 Å². The van der Waals surface area contributed by atoms with E-state index in [0.29, 0.717) is 18.7 Å². The molecule has 2 atom stereocenters. The van der Waals surface area contributed by atoms with Crippen molar-refractivity contribution < 1.29 is 19.0 Å². The zero-order chi connectivity index (χ0) is 25.8. The summed E-state index contributed by atoms with van der Waals surface area (Å²) in [6.45, 7) is 3.41. The van der Waals surface area contributed by atoms with E-state index < -0.39 is 5.97 Å². The topological polar surface area (TPSA) is 61.8 Å². The molecule has 5 nitrogen and oxygen atoms in total. The Balaban J connectivity index is 0.00000336. The molecule has 0 saturated heterocycles. The van der Waals surface area contributed by atoms with Crippen molar-refractivity contribution in [1.82, 2.24) is 5.32 Å². The molecule has 1 heterocycles. The molecule has 38 heavy (non-hydrogen) atoms. The number of benzene rings is 4. The Labute approximate surface area is 228 Å². The monoisotopic (exact) mass is 534 g/mol. The van der Waals surface area contributed by atoms with Crippen LogP contribution in [0.15, 0.2) is 84.9 Å². The molecule has 5 rings (SSSR count). The van der Waals surface area contributed by atoms with Gasteiger partial charge >= 0.3 is 5.97 Å². The average molecular weight is 535 g/mol. The number of nitrogens with zero attached hydrogens (tertiary/aromatic N) is 1. The number of rotatable bonds is 9. The van der Waals surface area contributed by atoms with E-state index in [0.717, 1.165) is 30.0 Å². The molecule has 0 saturated carbocycles. The highest BCUT2D eigenvalue weighted by atomic mass is 35.5. The first-order chi connectivity index (χ1) is 18.0. The Hall–Kier alpha value is -3.61. The van der Waals surface area contributed by atoms with E-state index in [1.54, 1.807) is 12.1 Å². The van der Waals surface area contributed by atoms with E-state index in [9.17, 15) is 4.79 Å². The van der Waals surface area contributed by atoms with Gasteiger partial charge in [-0.3, -0.25) is 4.79 Å². The van der Waals surface area contributed by atoms with E-state index in [4.69, 9.17) is 9.84 Å². The minimum absolute atomic E-state index is 0. The van der Waals surface area contributed by atoms with Crippen LogP contribution in [0.2, 0.25) is 0 Å². The number of fused-ring (bicyclic) bond motifs is 2. The van der Waals surface area contributed by atoms with Crippen molar-refractivity contribution >= 4 is 40.5 Å². The second-order valence-electron chi connectivity index (χ2n) is 9.53. The molecule has 198 valence electrons. The van der Waals surface area contributed by atoms with Gasteiger partial charge in [-0.05, 0) is 72.5 Å². The van der Waals surface area contributed by atoms with Crippen LogP contribution in [-0.4, -0.2) is 30.3 Å². The van der Waals surface area contributed by atoms with Crippen molar-refractivity contribution in [3.05, 3.63) is 102 Å². The third-order valence-electron chi connectivity index (χ3n) is 6.97. The van der Waals surface area contributed by atoms with Crippen LogP contribution in [0, 0.1) is 5.82 Å². The number of carboxylic acid groups (broad SMARTS) is 1. The van der Waals surface area contributed by atoms with Crippen molar-refractivity contribution in [2.45, 2.75) is 38.3 Å². The van der Waals surface area contributed by atoms with Crippen molar-refractivity contribution in [2.24, 2.45) is 0 Å². The molecule has 1 aliphatic heterocycles. The molecule has 0 fully saturated rings. The quantitative estimate of drug-likeness (QED) is 0.241. The average Bonchev–Trinajstić information content (AvgIpc) is 2.91. The lowest BCUT2D eigenvalue weighted by Gasteiger charge is -2.37. The summed E-state index contributed by atoms with van der Waals surface area (Å²) in [5.41, 5.74) is 3.31. The van der Waals surface area contributed by atoms with Gasteiger partial charge in [0, 0.05) is 12.5 Å². The van der Waals surface area contributed by atoms with E-state index >= 15 is 4.39 Å². The van der Waals surface area contributed by atoms with E-state index in [-0.39, 0.29) is 36.8 Å². The molecule has 0 amide bonds. The molecule has 0 aliphatic carbocycles. The van der Waals surface area contributed by atoms with Crippen LogP contribution in [0.3, 0.4) is 0 Å². The summed E-state index contributed by atoms with van der Waals surface area (Å²) in [7, 11) is 0. The van der Waals surface area contributed by atoms with Crippen LogP contribution < -0.4 is 15.0 Å². The van der Waals surface area contributed by atoms with Crippen LogP contribution in [-0.2, 0) is 11.2 Å². The van der Waals surface area contributed by atoms with Crippen LogP contribution >= 0.6 is 12.4 Å². The molecule has 4 aromatic rings. The highest BCUT2D eigenvalue weighted by Gasteiger charge is 2.28. The predicted octanol–water partition coefficient (Wildman–Crippen LogP) is 7.06. The largest absolute Gasteiger partial charge is 0.486 e. The SMILES string of the molecule is C[C@@H](NCCC1CN(c2cc(CCC(=O)O)ccc2F)c2ccccc2O1)c1cccc2ccccc12.Cl. The zero-order valence-corrected chi connectivity index (χ0v) is 22.1. The molecular formula is C31H32ClFN2O3. The number of aliphatic carboxylic acids is 1. The number of hydrogen-bond donors (Lipinski definition) is 2. The van der Waals surface area contributed by atoms with Crippen molar-refractivity contribution in [2.75, 3.05) is 18.0 Å². The summed E-state index contributed by atoms with van der Waals surface area (Å²) in [5, 5.41) is 15.2. The number of halogens is 2. The van der Waals surface area contributed by atoms with E-state index in [1.807, 2.05) is 29.2 Å². The minimum Gasteiger partial charge on any atom is -0.486 e.